The van der Waals surface area contributed by atoms with Gasteiger partial charge in [0.05, 0.1) is 12.6 Å². The summed E-state index contributed by atoms with van der Waals surface area (Å²) in [6.07, 6.45) is 0.00318. The van der Waals surface area contributed by atoms with Crippen LogP contribution in [0.5, 0.6) is 0 Å². The second-order valence-corrected chi connectivity index (χ2v) is 10.6. The molecule has 1 fully saturated rings. The van der Waals surface area contributed by atoms with Gasteiger partial charge in [-0.2, -0.15) is 0 Å². The number of carbonyl (C=O) groups excluding carboxylic acids is 4. The number of ether oxygens (including phenoxy) is 2. The number of epoxide rings is 1. The number of amides is 3. The average molecular weight is 572 g/mol. The Balaban J connectivity index is 1.45. The van der Waals surface area contributed by atoms with E-state index in [2.05, 4.69) is 16.0 Å². The van der Waals surface area contributed by atoms with E-state index in [1.807, 2.05) is 91.0 Å². The minimum Gasteiger partial charge on any atom is -0.445 e. The smallest absolute Gasteiger partial charge is 0.408 e. The topological polar surface area (TPSA) is 126 Å². The Bertz CT molecular complexity index is 1350. The zero-order valence-corrected chi connectivity index (χ0v) is 23.9. The molecule has 42 heavy (non-hydrogen) atoms. The molecule has 9 nitrogen and oxygen atoms in total. The molecule has 1 unspecified atom stereocenters. The van der Waals surface area contributed by atoms with Crippen LogP contribution in [0.3, 0.4) is 0 Å². The van der Waals surface area contributed by atoms with Crippen molar-refractivity contribution in [1.29, 1.82) is 0 Å². The van der Waals surface area contributed by atoms with Crippen molar-refractivity contribution >= 4 is 23.7 Å². The average Bonchev–Trinajstić information content (AvgIpc) is 3.77. The normalized spacial score (nSPS) is 17.7. The number of benzene rings is 3. The number of alkyl carbamates (subject to hydrolysis) is 1. The number of hydrogen-bond donors (Lipinski definition) is 3. The lowest BCUT2D eigenvalue weighted by Crippen LogP contribution is -2.57. The largest absolute Gasteiger partial charge is 0.445 e. The van der Waals surface area contributed by atoms with Crippen LogP contribution in [0.25, 0.3) is 0 Å². The monoisotopic (exact) mass is 571 g/mol. The van der Waals surface area contributed by atoms with Crippen molar-refractivity contribution in [3.05, 3.63) is 108 Å². The van der Waals surface area contributed by atoms with Crippen LogP contribution in [0.1, 0.15) is 37.0 Å². The Morgan fingerprint density at radius 1 is 0.714 bits per heavy atom. The molecule has 0 spiro atoms. The van der Waals surface area contributed by atoms with Crippen LogP contribution in [0.15, 0.2) is 91.0 Å². The number of ketones is 1. The molecule has 3 aromatic rings. The minimum atomic E-state index is -1.00. The predicted molar refractivity (Wildman–Crippen MR) is 157 cm³/mol. The first-order valence-corrected chi connectivity index (χ1v) is 14.1. The van der Waals surface area contributed by atoms with Crippen LogP contribution >= 0.6 is 0 Å². The van der Waals surface area contributed by atoms with Crippen molar-refractivity contribution in [2.75, 3.05) is 6.61 Å². The summed E-state index contributed by atoms with van der Waals surface area (Å²) in [6, 6.07) is 25.1. The molecule has 3 aromatic carbocycles. The SMILES string of the molecule is CC[C@@H](NC(=O)OCc1ccccc1)C(=O)N[C@@H](Cc1ccccc1)C(=O)N[C@@H](Cc1ccccc1)C(=O)C1(C)CO1. The van der Waals surface area contributed by atoms with Gasteiger partial charge in [0.2, 0.25) is 11.8 Å². The molecule has 4 atom stereocenters. The Morgan fingerprint density at radius 3 is 1.67 bits per heavy atom. The summed E-state index contributed by atoms with van der Waals surface area (Å²) in [6.45, 7) is 3.81. The number of nitrogens with one attached hydrogen (secondary N) is 3. The van der Waals surface area contributed by atoms with Gasteiger partial charge in [-0.15, -0.1) is 0 Å². The second-order valence-electron chi connectivity index (χ2n) is 10.6. The number of Topliss-reactive ketones (excluding diaryl/α,β-unsaturated/α-hetero) is 1. The highest BCUT2D eigenvalue weighted by Gasteiger charge is 2.50. The third-order valence-electron chi connectivity index (χ3n) is 7.16. The van der Waals surface area contributed by atoms with Crippen LogP contribution in [0, 0.1) is 0 Å². The van der Waals surface area contributed by atoms with E-state index in [1.54, 1.807) is 13.8 Å². The van der Waals surface area contributed by atoms with Gasteiger partial charge in [-0.3, -0.25) is 14.4 Å². The van der Waals surface area contributed by atoms with Crippen molar-refractivity contribution in [3.8, 4) is 0 Å². The highest BCUT2D eigenvalue weighted by atomic mass is 16.6. The highest BCUT2D eigenvalue weighted by molar-refractivity contribution is 5.98. The van der Waals surface area contributed by atoms with E-state index in [1.165, 1.54) is 0 Å². The zero-order valence-electron chi connectivity index (χ0n) is 23.9. The van der Waals surface area contributed by atoms with E-state index < -0.39 is 41.6 Å². The Hall–Kier alpha value is -4.50. The Kier molecular flexibility index (Phi) is 10.4. The van der Waals surface area contributed by atoms with Crippen LogP contribution in [0.4, 0.5) is 4.79 Å². The molecule has 1 saturated heterocycles. The number of carbonyl (C=O) groups is 4. The van der Waals surface area contributed by atoms with Gasteiger partial charge in [0.15, 0.2) is 5.78 Å². The van der Waals surface area contributed by atoms with Gasteiger partial charge in [-0.1, -0.05) is 97.9 Å². The third-order valence-corrected chi connectivity index (χ3v) is 7.16. The lowest BCUT2D eigenvalue weighted by molar-refractivity contribution is -0.133. The summed E-state index contributed by atoms with van der Waals surface area (Å²) >= 11 is 0. The predicted octanol–water partition coefficient (Wildman–Crippen LogP) is 3.50. The molecule has 0 radical (unpaired) electrons. The molecule has 0 aromatic heterocycles. The van der Waals surface area contributed by atoms with Gasteiger partial charge < -0.3 is 25.4 Å². The fourth-order valence-corrected chi connectivity index (χ4v) is 4.54. The molecule has 0 aliphatic carbocycles. The Labute approximate surface area is 246 Å². The number of hydrogen-bond acceptors (Lipinski definition) is 6. The minimum absolute atomic E-state index is 0.0588. The maximum atomic E-state index is 13.7. The lowest BCUT2D eigenvalue weighted by Gasteiger charge is -2.26. The molecule has 1 aliphatic rings. The zero-order chi connectivity index (χ0) is 30.0. The maximum absolute atomic E-state index is 13.7. The first kappa shape index (κ1) is 30.5. The van der Waals surface area contributed by atoms with E-state index in [9.17, 15) is 19.2 Å². The van der Waals surface area contributed by atoms with Gasteiger partial charge >= 0.3 is 6.09 Å². The lowest BCUT2D eigenvalue weighted by atomic mass is 9.94. The fraction of sp³-hybridized carbons (Fsp3) is 0.333. The van der Waals surface area contributed by atoms with Crippen LogP contribution in [-0.4, -0.2) is 54.0 Å². The Morgan fingerprint density at radius 2 is 1.17 bits per heavy atom. The van der Waals surface area contributed by atoms with Crippen LogP contribution in [0.2, 0.25) is 0 Å². The molecule has 4 rings (SSSR count). The molecule has 1 heterocycles. The van der Waals surface area contributed by atoms with Crippen molar-refractivity contribution in [2.24, 2.45) is 0 Å². The van der Waals surface area contributed by atoms with Crippen molar-refractivity contribution < 1.29 is 28.7 Å². The molecule has 220 valence electrons. The molecule has 1 aliphatic heterocycles. The van der Waals surface area contributed by atoms with E-state index >= 15 is 0 Å². The highest BCUT2D eigenvalue weighted by Crippen LogP contribution is 2.29. The molecule has 3 N–H and O–H groups in total. The third kappa shape index (κ3) is 8.75. The molecule has 0 saturated carbocycles. The van der Waals surface area contributed by atoms with Gasteiger partial charge in [0.25, 0.3) is 0 Å². The fourth-order valence-electron chi connectivity index (χ4n) is 4.54. The van der Waals surface area contributed by atoms with Gasteiger partial charge in [-0.25, -0.2) is 4.79 Å². The van der Waals surface area contributed by atoms with Gasteiger partial charge in [-0.05, 0) is 36.5 Å². The summed E-state index contributed by atoms with van der Waals surface area (Å²) in [4.78, 5) is 52.8. The van der Waals surface area contributed by atoms with Gasteiger partial charge in [0, 0.05) is 6.42 Å². The van der Waals surface area contributed by atoms with Crippen LogP contribution < -0.4 is 16.0 Å². The molecular formula is C33H37N3O6. The summed E-state index contributed by atoms with van der Waals surface area (Å²) < 4.78 is 10.7. The van der Waals surface area contributed by atoms with E-state index in [-0.39, 0.29) is 31.7 Å². The first-order chi connectivity index (χ1) is 20.3. The quantitative estimate of drug-likeness (QED) is 0.254. The first-order valence-electron chi connectivity index (χ1n) is 14.1. The summed E-state index contributed by atoms with van der Waals surface area (Å²) in [5.41, 5.74) is 1.58. The number of rotatable bonds is 14. The summed E-state index contributed by atoms with van der Waals surface area (Å²) in [7, 11) is 0. The van der Waals surface area contributed by atoms with Crippen molar-refractivity contribution in [2.45, 2.75) is 63.4 Å². The standard InChI is InChI=1S/C33H37N3O6/c1-3-26(36-32(40)41-21-25-17-11-6-12-18-25)30(38)35-28(20-24-15-9-5-10-16-24)31(39)34-27(29(37)33(2)22-42-33)19-23-13-7-4-8-14-23/h4-18,26-28H,3,19-22H2,1-2H3,(H,34,39)(H,35,38)(H,36,40)/t26-,27+,28+,33?/m1/s1. The summed E-state index contributed by atoms with van der Waals surface area (Å²) in [5.74, 6) is -1.26. The second kappa shape index (κ2) is 14.4. The van der Waals surface area contributed by atoms with Gasteiger partial charge in [0.1, 0.15) is 24.3 Å². The molecule has 3 amide bonds. The maximum Gasteiger partial charge on any atom is 0.408 e. The van der Waals surface area contributed by atoms with Crippen molar-refractivity contribution in [1.82, 2.24) is 16.0 Å². The van der Waals surface area contributed by atoms with Crippen LogP contribution in [-0.2, 0) is 43.3 Å². The molecule has 0 bridgehead atoms. The summed E-state index contributed by atoms with van der Waals surface area (Å²) in [5, 5.41) is 8.26. The van der Waals surface area contributed by atoms with Crippen molar-refractivity contribution in [3.63, 3.8) is 0 Å². The van der Waals surface area contributed by atoms with E-state index in [4.69, 9.17) is 9.47 Å². The molecular weight excluding hydrogens is 534 g/mol. The van der Waals surface area contributed by atoms with E-state index in [0.717, 1.165) is 16.7 Å². The van der Waals surface area contributed by atoms with E-state index in [0.29, 0.717) is 6.61 Å². The molecule has 9 heteroatoms.